The molecule has 0 N–H and O–H groups in total. The van der Waals surface area contributed by atoms with Gasteiger partial charge in [-0.05, 0) is 102 Å². The van der Waals surface area contributed by atoms with E-state index in [1.54, 1.807) is 0 Å². The highest BCUT2D eigenvalue weighted by atomic mass is 15.0. The molecule has 0 amide bonds. The predicted molar refractivity (Wildman–Crippen MR) is 218 cm³/mol. The molecule has 1 heteroatoms. The van der Waals surface area contributed by atoms with E-state index in [0.29, 0.717) is 6.04 Å². The molecule has 9 aromatic carbocycles. The summed E-state index contributed by atoms with van der Waals surface area (Å²) in [6, 6.07) is 69.6. The first-order chi connectivity index (χ1) is 25.7. The van der Waals surface area contributed by atoms with Crippen molar-refractivity contribution in [3.63, 3.8) is 0 Å². The minimum Gasteiger partial charge on any atom is -0.309 e. The van der Waals surface area contributed by atoms with E-state index in [1.165, 1.54) is 65.7 Å². The normalized spacial score (nSPS) is 11.8. The lowest BCUT2D eigenvalue weighted by molar-refractivity contribution is 1.18. The number of fused-ring (bicyclic) bond motifs is 5. The Kier molecular flexibility index (Phi) is 6.64. The number of aromatic nitrogens is 1. The second-order valence-electron chi connectivity index (χ2n) is 13.2. The van der Waals surface area contributed by atoms with Crippen molar-refractivity contribution < 1.29 is 1.37 Å². The molecule has 1 aromatic heterocycles. The summed E-state index contributed by atoms with van der Waals surface area (Å²) in [4.78, 5) is 0. The Morgan fingerprint density at radius 2 is 0.667 bits per heavy atom. The molecule has 0 fully saturated rings. The van der Waals surface area contributed by atoms with E-state index in [2.05, 4.69) is 199 Å². The fourth-order valence-corrected chi connectivity index (χ4v) is 7.97. The van der Waals surface area contributed by atoms with Crippen molar-refractivity contribution in [1.82, 2.24) is 4.57 Å². The molecule has 0 aliphatic heterocycles. The molecule has 238 valence electrons. The lowest BCUT2D eigenvalue weighted by Crippen LogP contribution is -1.95. The summed E-state index contributed by atoms with van der Waals surface area (Å²) in [6.07, 6.45) is 0. The summed E-state index contributed by atoms with van der Waals surface area (Å²) >= 11 is 0. The molecule has 0 spiro atoms. The SMILES string of the molecule is [2H]c1cc(-c2c3ccccc3c(-c3ccccc3)c3ccccc23)ccc1-n1c2ccc(-c3ccccc3)cc2c2cc(-c3ccccc3)ccc21. The Morgan fingerprint density at radius 1 is 0.294 bits per heavy atom. The van der Waals surface area contributed by atoms with Gasteiger partial charge >= 0.3 is 0 Å². The fourth-order valence-electron chi connectivity index (χ4n) is 7.97. The van der Waals surface area contributed by atoms with Gasteiger partial charge in [0.05, 0.1) is 12.4 Å². The van der Waals surface area contributed by atoms with Crippen molar-refractivity contribution in [3.8, 4) is 50.2 Å². The lowest BCUT2D eigenvalue weighted by atomic mass is 9.86. The summed E-state index contributed by atoms with van der Waals surface area (Å²) in [7, 11) is 0. The summed E-state index contributed by atoms with van der Waals surface area (Å²) in [5.74, 6) is 0. The van der Waals surface area contributed by atoms with E-state index < -0.39 is 0 Å². The first kappa shape index (κ1) is 28.2. The molecule has 51 heavy (non-hydrogen) atoms. The van der Waals surface area contributed by atoms with E-state index >= 15 is 0 Å². The van der Waals surface area contributed by atoms with Crippen LogP contribution in [0.15, 0.2) is 200 Å². The first-order valence-electron chi connectivity index (χ1n) is 18.0. The van der Waals surface area contributed by atoms with Gasteiger partial charge in [-0.2, -0.15) is 0 Å². The van der Waals surface area contributed by atoms with Crippen molar-refractivity contribution in [2.45, 2.75) is 0 Å². The molecule has 0 atom stereocenters. The summed E-state index contributed by atoms with van der Waals surface area (Å²) in [5.41, 5.74) is 12.4. The van der Waals surface area contributed by atoms with Crippen LogP contribution in [-0.2, 0) is 0 Å². The zero-order chi connectivity index (χ0) is 34.6. The zero-order valence-electron chi connectivity index (χ0n) is 28.9. The number of hydrogen-bond donors (Lipinski definition) is 0. The molecule has 0 unspecified atom stereocenters. The van der Waals surface area contributed by atoms with Crippen molar-refractivity contribution in [2.24, 2.45) is 0 Å². The van der Waals surface area contributed by atoms with Crippen LogP contribution in [0.5, 0.6) is 0 Å². The van der Waals surface area contributed by atoms with Gasteiger partial charge in [-0.25, -0.2) is 0 Å². The van der Waals surface area contributed by atoms with Crippen LogP contribution >= 0.6 is 0 Å². The molecule has 10 rings (SSSR count). The lowest BCUT2D eigenvalue weighted by Gasteiger charge is -2.18. The van der Waals surface area contributed by atoms with Crippen LogP contribution in [0.1, 0.15) is 1.37 Å². The molecule has 0 saturated heterocycles. The Balaban J connectivity index is 1.20. The van der Waals surface area contributed by atoms with Gasteiger partial charge in [0.2, 0.25) is 0 Å². The third-order valence-electron chi connectivity index (χ3n) is 10.3. The molecule has 0 radical (unpaired) electrons. The number of benzene rings is 9. The smallest absolute Gasteiger partial charge is 0.0645 e. The predicted octanol–water partition coefficient (Wildman–Crippen LogP) is 13.8. The third-order valence-corrected chi connectivity index (χ3v) is 10.3. The van der Waals surface area contributed by atoms with Crippen LogP contribution in [0.4, 0.5) is 0 Å². The van der Waals surface area contributed by atoms with E-state index in [4.69, 9.17) is 0 Å². The van der Waals surface area contributed by atoms with Crippen molar-refractivity contribution in [2.75, 3.05) is 0 Å². The molecule has 0 aliphatic carbocycles. The van der Waals surface area contributed by atoms with Crippen LogP contribution in [0, 0.1) is 0 Å². The molecule has 0 bridgehead atoms. The van der Waals surface area contributed by atoms with Gasteiger partial charge in [-0.15, -0.1) is 0 Å². The third kappa shape index (κ3) is 4.86. The molecule has 1 nitrogen and oxygen atoms in total. The molecule has 0 saturated carbocycles. The average molecular weight is 649 g/mol. The van der Waals surface area contributed by atoms with Gasteiger partial charge in [0.1, 0.15) is 0 Å². The van der Waals surface area contributed by atoms with Gasteiger partial charge in [0.25, 0.3) is 0 Å². The Morgan fingerprint density at radius 3 is 1.10 bits per heavy atom. The standard InChI is InChI=1S/C50H33N/c1-4-14-34(15-5-1)38-26-30-47-45(32-38)46-33-39(35-16-6-2-7-17-35)27-31-48(46)51(47)40-28-24-37(25-29-40)50-43-22-12-10-20-41(43)49(36-18-8-3-9-19-36)42-21-11-13-23-44(42)50/h1-33H/i28D. The van der Waals surface area contributed by atoms with Crippen LogP contribution < -0.4 is 0 Å². The maximum absolute atomic E-state index is 9.61. The topological polar surface area (TPSA) is 4.93 Å². The number of nitrogens with zero attached hydrogens (tertiary/aromatic N) is 1. The largest absolute Gasteiger partial charge is 0.309 e. The molecular formula is C50H33N. The van der Waals surface area contributed by atoms with E-state index in [-0.39, 0.29) is 0 Å². The van der Waals surface area contributed by atoms with Crippen LogP contribution in [0.25, 0.3) is 93.5 Å². The molecular weight excluding hydrogens is 615 g/mol. The Hall–Kier alpha value is -6.70. The molecule has 0 aliphatic rings. The number of hydrogen-bond acceptors (Lipinski definition) is 0. The van der Waals surface area contributed by atoms with Gasteiger partial charge in [0, 0.05) is 16.5 Å². The maximum Gasteiger partial charge on any atom is 0.0645 e. The van der Waals surface area contributed by atoms with Crippen LogP contribution in [-0.4, -0.2) is 4.57 Å². The Labute approximate surface area is 298 Å². The highest BCUT2D eigenvalue weighted by molar-refractivity contribution is 6.21. The van der Waals surface area contributed by atoms with Crippen molar-refractivity contribution in [3.05, 3.63) is 200 Å². The highest BCUT2D eigenvalue weighted by Gasteiger charge is 2.18. The van der Waals surface area contributed by atoms with Crippen LogP contribution in [0.3, 0.4) is 0 Å². The summed E-state index contributed by atoms with van der Waals surface area (Å²) in [6.45, 7) is 0. The fraction of sp³-hybridized carbons (Fsp3) is 0. The van der Waals surface area contributed by atoms with Gasteiger partial charge < -0.3 is 4.57 Å². The van der Waals surface area contributed by atoms with Crippen molar-refractivity contribution in [1.29, 1.82) is 0 Å². The van der Waals surface area contributed by atoms with Crippen molar-refractivity contribution >= 4 is 43.4 Å². The van der Waals surface area contributed by atoms with E-state index in [1.807, 2.05) is 0 Å². The van der Waals surface area contributed by atoms with E-state index in [0.717, 1.165) is 27.8 Å². The second kappa shape index (κ2) is 12.0. The maximum atomic E-state index is 9.61. The zero-order valence-corrected chi connectivity index (χ0v) is 27.9. The van der Waals surface area contributed by atoms with Gasteiger partial charge in [-0.1, -0.05) is 164 Å². The van der Waals surface area contributed by atoms with E-state index in [9.17, 15) is 1.37 Å². The summed E-state index contributed by atoms with van der Waals surface area (Å²) < 4.78 is 11.9. The minimum absolute atomic E-state index is 0.482. The second-order valence-corrected chi connectivity index (χ2v) is 13.2. The minimum atomic E-state index is 0.482. The Bertz CT molecular complexity index is 2790. The van der Waals surface area contributed by atoms with Gasteiger partial charge in [-0.3, -0.25) is 0 Å². The summed E-state index contributed by atoms with van der Waals surface area (Å²) in [5, 5.41) is 7.14. The highest BCUT2D eigenvalue weighted by Crippen LogP contribution is 2.44. The van der Waals surface area contributed by atoms with Gasteiger partial charge in [0.15, 0.2) is 0 Å². The number of rotatable bonds is 5. The molecule has 1 heterocycles. The van der Waals surface area contributed by atoms with Crippen LogP contribution in [0.2, 0.25) is 0 Å². The average Bonchev–Trinajstić information content (AvgIpc) is 3.53. The first-order valence-corrected chi connectivity index (χ1v) is 17.5. The molecule has 10 aromatic rings. The monoisotopic (exact) mass is 648 g/mol. The quantitative estimate of drug-likeness (QED) is 0.164.